The topological polar surface area (TPSA) is 29.3 Å². The maximum absolute atomic E-state index is 5.62. The van der Waals surface area contributed by atoms with Crippen LogP contribution in [0.5, 0.6) is 0 Å². The SMILES string of the molecule is CC(C)C(C(C)CN)N(C)C. The molecule has 11 heavy (non-hydrogen) atoms. The molecule has 0 fully saturated rings. The molecule has 68 valence electrons. The lowest BCUT2D eigenvalue weighted by molar-refractivity contribution is 0.170. The minimum absolute atomic E-state index is 0.588. The zero-order chi connectivity index (χ0) is 9.02. The second kappa shape index (κ2) is 4.73. The van der Waals surface area contributed by atoms with E-state index in [0.29, 0.717) is 17.9 Å². The molecule has 0 saturated heterocycles. The summed E-state index contributed by atoms with van der Waals surface area (Å²) in [5.41, 5.74) is 5.62. The van der Waals surface area contributed by atoms with Crippen molar-refractivity contribution in [1.82, 2.24) is 4.90 Å². The predicted octanol–water partition coefficient (Wildman–Crippen LogP) is 1.17. The van der Waals surface area contributed by atoms with Gasteiger partial charge in [0.05, 0.1) is 0 Å². The van der Waals surface area contributed by atoms with Gasteiger partial charge >= 0.3 is 0 Å². The van der Waals surface area contributed by atoms with Crippen molar-refractivity contribution in [3.8, 4) is 0 Å². The van der Waals surface area contributed by atoms with Gasteiger partial charge in [-0.1, -0.05) is 20.8 Å². The second-order valence-electron chi connectivity index (χ2n) is 3.91. The third-order valence-corrected chi connectivity index (χ3v) is 2.23. The number of nitrogens with zero attached hydrogens (tertiary/aromatic N) is 1. The summed E-state index contributed by atoms with van der Waals surface area (Å²) in [5.74, 6) is 1.27. The largest absolute Gasteiger partial charge is 0.330 e. The molecule has 2 heteroatoms. The van der Waals surface area contributed by atoms with Gasteiger partial charge in [0.15, 0.2) is 0 Å². The van der Waals surface area contributed by atoms with Gasteiger partial charge in [0.1, 0.15) is 0 Å². The van der Waals surface area contributed by atoms with E-state index >= 15 is 0 Å². The Bertz CT molecular complexity index is 91.7. The summed E-state index contributed by atoms with van der Waals surface area (Å²) in [6.45, 7) is 7.49. The summed E-state index contributed by atoms with van der Waals surface area (Å²) in [6, 6.07) is 0.611. The highest BCUT2D eigenvalue weighted by molar-refractivity contribution is 4.76. The van der Waals surface area contributed by atoms with Gasteiger partial charge in [0, 0.05) is 6.04 Å². The van der Waals surface area contributed by atoms with Crippen molar-refractivity contribution in [2.24, 2.45) is 17.6 Å². The van der Waals surface area contributed by atoms with Gasteiger partial charge in [-0.3, -0.25) is 0 Å². The average molecular weight is 158 g/mol. The summed E-state index contributed by atoms with van der Waals surface area (Å²) < 4.78 is 0. The molecule has 0 radical (unpaired) electrons. The lowest BCUT2D eigenvalue weighted by atomic mass is 9.91. The molecule has 0 rings (SSSR count). The third-order valence-electron chi connectivity index (χ3n) is 2.23. The van der Waals surface area contributed by atoms with Gasteiger partial charge in [0.2, 0.25) is 0 Å². The normalized spacial score (nSPS) is 17.5. The lowest BCUT2D eigenvalue weighted by Gasteiger charge is -2.32. The van der Waals surface area contributed by atoms with E-state index in [1.54, 1.807) is 0 Å². The maximum atomic E-state index is 5.62. The van der Waals surface area contributed by atoms with Crippen LogP contribution in [0.2, 0.25) is 0 Å². The van der Waals surface area contributed by atoms with E-state index in [9.17, 15) is 0 Å². The molecular formula is C9H22N2. The fraction of sp³-hybridized carbons (Fsp3) is 1.00. The molecule has 2 nitrogen and oxygen atoms in total. The van der Waals surface area contributed by atoms with Crippen LogP contribution in [-0.2, 0) is 0 Å². The zero-order valence-corrected chi connectivity index (χ0v) is 8.46. The first-order valence-electron chi connectivity index (χ1n) is 4.37. The maximum Gasteiger partial charge on any atom is 0.0150 e. The molecular weight excluding hydrogens is 136 g/mol. The number of hydrogen-bond donors (Lipinski definition) is 1. The van der Waals surface area contributed by atoms with E-state index in [0.717, 1.165) is 6.54 Å². The van der Waals surface area contributed by atoms with Crippen LogP contribution in [-0.4, -0.2) is 31.6 Å². The van der Waals surface area contributed by atoms with Crippen LogP contribution < -0.4 is 5.73 Å². The van der Waals surface area contributed by atoms with Gasteiger partial charge < -0.3 is 10.6 Å². The van der Waals surface area contributed by atoms with Gasteiger partial charge in [-0.2, -0.15) is 0 Å². The smallest absolute Gasteiger partial charge is 0.0150 e. The Hall–Kier alpha value is -0.0800. The van der Waals surface area contributed by atoms with E-state index in [-0.39, 0.29) is 0 Å². The summed E-state index contributed by atoms with van der Waals surface area (Å²) >= 11 is 0. The van der Waals surface area contributed by atoms with Crippen molar-refractivity contribution in [3.05, 3.63) is 0 Å². The minimum Gasteiger partial charge on any atom is -0.330 e. The first-order chi connectivity index (χ1) is 5.00. The Morgan fingerprint density at radius 2 is 1.64 bits per heavy atom. The number of hydrogen-bond acceptors (Lipinski definition) is 2. The monoisotopic (exact) mass is 158 g/mol. The first kappa shape index (κ1) is 10.9. The second-order valence-corrected chi connectivity index (χ2v) is 3.91. The molecule has 0 bridgehead atoms. The highest BCUT2D eigenvalue weighted by Crippen LogP contribution is 2.15. The van der Waals surface area contributed by atoms with E-state index in [4.69, 9.17) is 5.73 Å². The van der Waals surface area contributed by atoms with Crippen LogP contribution in [0.15, 0.2) is 0 Å². The van der Waals surface area contributed by atoms with Crippen LogP contribution in [0.25, 0.3) is 0 Å². The van der Waals surface area contributed by atoms with Gasteiger partial charge in [-0.05, 0) is 32.5 Å². The first-order valence-corrected chi connectivity index (χ1v) is 4.37. The van der Waals surface area contributed by atoms with E-state index in [2.05, 4.69) is 39.8 Å². The van der Waals surface area contributed by atoms with Crippen molar-refractivity contribution in [2.75, 3.05) is 20.6 Å². The molecule has 0 heterocycles. The standard InChI is InChI=1S/C9H22N2/c1-7(2)9(11(4)5)8(3)6-10/h7-9H,6,10H2,1-5H3. The van der Waals surface area contributed by atoms with Gasteiger partial charge in [-0.15, -0.1) is 0 Å². The summed E-state index contributed by atoms with van der Waals surface area (Å²) in [7, 11) is 4.24. The zero-order valence-electron chi connectivity index (χ0n) is 8.46. The van der Waals surface area contributed by atoms with Gasteiger partial charge in [0.25, 0.3) is 0 Å². The van der Waals surface area contributed by atoms with Crippen molar-refractivity contribution in [1.29, 1.82) is 0 Å². The molecule has 0 aliphatic carbocycles. The molecule has 2 atom stereocenters. The highest BCUT2D eigenvalue weighted by atomic mass is 15.1. The minimum atomic E-state index is 0.588. The number of nitrogens with two attached hydrogens (primary N) is 1. The Morgan fingerprint density at radius 3 is 1.73 bits per heavy atom. The third kappa shape index (κ3) is 3.21. The fourth-order valence-electron chi connectivity index (χ4n) is 1.90. The molecule has 0 spiro atoms. The van der Waals surface area contributed by atoms with E-state index < -0.39 is 0 Å². The predicted molar refractivity (Wildman–Crippen MR) is 50.5 cm³/mol. The molecule has 0 aromatic carbocycles. The lowest BCUT2D eigenvalue weighted by Crippen LogP contribution is -2.41. The molecule has 0 aromatic rings. The fourth-order valence-corrected chi connectivity index (χ4v) is 1.90. The average Bonchev–Trinajstić information content (AvgIpc) is 1.85. The van der Waals surface area contributed by atoms with Crippen LogP contribution >= 0.6 is 0 Å². The molecule has 0 aliphatic rings. The molecule has 0 aliphatic heterocycles. The molecule has 2 unspecified atom stereocenters. The Kier molecular flexibility index (Phi) is 4.69. The van der Waals surface area contributed by atoms with Gasteiger partial charge in [-0.25, -0.2) is 0 Å². The Balaban J connectivity index is 4.09. The summed E-state index contributed by atoms with van der Waals surface area (Å²) in [6.07, 6.45) is 0. The van der Waals surface area contributed by atoms with Crippen LogP contribution in [0.3, 0.4) is 0 Å². The number of rotatable bonds is 4. The molecule has 0 saturated carbocycles. The molecule has 2 N–H and O–H groups in total. The van der Waals surface area contributed by atoms with E-state index in [1.165, 1.54) is 0 Å². The van der Waals surface area contributed by atoms with Crippen molar-refractivity contribution in [3.63, 3.8) is 0 Å². The van der Waals surface area contributed by atoms with Crippen molar-refractivity contribution >= 4 is 0 Å². The van der Waals surface area contributed by atoms with Crippen molar-refractivity contribution < 1.29 is 0 Å². The summed E-state index contributed by atoms with van der Waals surface area (Å²) in [4.78, 5) is 2.27. The Morgan fingerprint density at radius 1 is 1.18 bits per heavy atom. The highest BCUT2D eigenvalue weighted by Gasteiger charge is 2.21. The molecule has 0 aromatic heterocycles. The summed E-state index contributed by atoms with van der Waals surface area (Å²) in [5, 5.41) is 0. The Labute approximate surface area is 70.8 Å². The molecule has 0 amide bonds. The van der Waals surface area contributed by atoms with Crippen LogP contribution in [0, 0.1) is 11.8 Å². The van der Waals surface area contributed by atoms with Crippen LogP contribution in [0.1, 0.15) is 20.8 Å². The van der Waals surface area contributed by atoms with E-state index in [1.807, 2.05) is 0 Å². The van der Waals surface area contributed by atoms with Crippen LogP contribution in [0.4, 0.5) is 0 Å². The quantitative estimate of drug-likeness (QED) is 0.665. The van der Waals surface area contributed by atoms with Crippen molar-refractivity contribution in [2.45, 2.75) is 26.8 Å².